The SMILES string of the molecule is COc1ccc(NC2(C(=O)N3CCC[C@@H]3CO)CCCCC2)cc1. The summed E-state index contributed by atoms with van der Waals surface area (Å²) in [6.45, 7) is 0.820. The van der Waals surface area contributed by atoms with Gasteiger partial charge in [-0.1, -0.05) is 19.3 Å². The van der Waals surface area contributed by atoms with E-state index in [1.165, 1.54) is 6.42 Å². The predicted molar refractivity (Wildman–Crippen MR) is 94.3 cm³/mol. The summed E-state index contributed by atoms with van der Waals surface area (Å²) >= 11 is 0. The number of aliphatic hydroxyl groups excluding tert-OH is 1. The van der Waals surface area contributed by atoms with E-state index < -0.39 is 5.54 Å². The fraction of sp³-hybridized carbons (Fsp3) is 0.632. The quantitative estimate of drug-likeness (QED) is 0.870. The molecule has 1 saturated heterocycles. The highest BCUT2D eigenvalue weighted by molar-refractivity contribution is 5.90. The van der Waals surface area contributed by atoms with Crippen molar-refractivity contribution in [1.29, 1.82) is 0 Å². The number of benzene rings is 1. The fourth-order valence-electron chi connectivity index (χ4n) is 4.07. The molecule has 1 aliphatic carbocycles. The number of carbonyl (C=O) groups excluding carboxylic acids is 1. The summed E-state index contributed by atoms with van der Waals surface area (Å²) in [7, 11) is 1.65. The van der Waals surface area contributed by atoms with Crippen LogP contribution in [0.4, 0.5) is 5.69 Å². The average molecular weight is 332 g/mol. The minimum Gasteiger partial charge on any atom is -0.497 e. The Kier molecular flexibility index (Phi) is 5.29. The topological polar surface area (TPSA) is 61.8 Å². The minimum absolute atomic E-state index is 0.0195. The first-order valence-corrected chi connectivity index (χ1v) is 9.03. The number of anilines is 1. The molecular formula is C19H28N2O3. The normalized spacial score (nSPS) is 23.1. The predicted octanol–water partition coefficient (Wildman–Crippen LogP) is 2.79. The van der Waals surface area contributed by atoms with Crippen LogP contribution in [0.1, 0.15) is 44.9 Å². The van der Waals surface area contributed by atoms with Crippen molar-refractivity contribution < 1.29 is 14.6 Å². The van der Waals surface area contributed by atoms with E-state index in [1.807, 2.05) is 29.2 Å². The van der Waals surface area contributed by atoms with E-state index in [4.69, 9.17) is 4.74 Å². The van der Waals surface area contributed by atoms with Gasteiger partial charge in [0.15, 0.2) is 0 Å². The van der Waals surface area contributed by atoms with Gasteiger partial charge in [-0.2, -0.15) is 0 Å². The van der Waals surface area contributed by atoms with Crippen molar-refractivity contribution in [3.05, 3.63) is 24.3 Å². The molecule has 3 rings (SSSR count). The smallest absolute Gasteiger partial charge is 0.248 e. The molecule has 1 aromatic rings. The van der Waals surface area contributed by atoms with E-state index in [0.29, 0.717) is 0 Å². The molecule has 1 amide bonds. The van der Waals surface area contributed by atoms with E-state index in [1.54, 1.807) is 7.11 Å². The number of ether oxygens (including phenoxy) is 1. The molecule has 2 aliphatic rings. The number of methoxy groups -OCH3 is 1. The molecule has 0 bridgehead atoms. The standard InChI is InChI=1S/C19H28N2O3/c1-24-17-9-7-15(8-10-17)20-19(11-3-2-4-12-19)18(23)21-13-5-6-16(21)14-22/h7-10,16,20,22H,2-6,11-14H2,1H3/t16-/m1/s1. The lowest BCUT2D eigenvalue weighted by Crippen LogP contribution is -2.56. The van der Waals surface area contributed by atoms with Crippen molar-refractivity contribution in [2.45, 2.75) is 56.5 Å². The zero-order valence-electron chi connectivity index (χ0n) is 14.5. The van der Waals surface area contributed by atoms with Crippen LogP contribution < -0.4 is 10.1 Å². The Hall–Kier alpha value is -1.75. The summed E-state index contributed by atoms with van der Waals surface area (Å²) in [6.07, 6.45) is 6.90. The van der Waals surface area contributed by atoms with Crippen molar-refractivity contribution in [3.63, 3.8) is 0 Å². The van der Waals surface area contributed by atoms with Gasteiger partial charge in [0.05, 0.1) is 19.8 Å². The summed E-state index contributed by atoms with van der Waals surface area (Å²) in [5.41, 5.74) is 0.413. The molecule has 0 spiro atoms. The van der Waals surface area contributed by atoms with Gasteiger partial charge in [0.1, 0.15) is 11.3 Å². The first-order valence-electron chi connectivity index (χ1n) is 9.03. The van der Waals surface area contributed by atoms with E-state index >= 15 is 0 Å². The second-order valence-electron chi connectivity index (χ2n) is 6.97. The highest BCUT2D eigenvalue weighted by Crippen LogP contribution is 2.35. The third kappa shape index (κ3) is 3.36. The van der Waals surface area contributed by atoms with Crippen LogP contribution in [0.2, 0.25) is 0 Å². The molecule has 5 nitrogen and oxygen atoms in total. The first-order chi connectivity index (χ1) is 11.7. The first kappa shape index (κ1) is 17.1. The molecule has 1 heterocycles. The molecule has 0 aromatic heterocycles. The number of carbonyl (C=O) groups is 1. The zero-order valence-corrected chi connectivity index (χ0v) is 14.5. The number of hydrogen-bond donors (Lipinski definition) is 2. The van der Waals surface area contributed by atoms with Crippen molar-refractivity contribution in [1.82, 2.24) is 4.90 Å². The van der Waals surface area contributed by atoms with E-state index in [2.05, 4.69) is 5.32 Å². The monoisotopic (exact) mass is 332 g/mol. The largest absolute Gasteiger partial charge is 0.497 e. The number of aliphatic hydroxyl groups is 1. The van der Waals surface area contributed by atoms with Gasteiger partial charge in [-0.15, -0.1) is 0 Å². The average Bonchev–Trinajstić information content (AvgIpc) is 3.11. The molecule has 2 fully saturated rings. The van der Waals surface area contributed by atoms with Crippen LogP contribution in [0, 0.1) is 0 Å². The number of likely N-dealkylation sites (tertiary alicyclic amines) is 1. The Morgan fingerprint density at radius 1 is 1.25 bits per heavy atom. The van der Waals surface area contributed by atoms with Gasteiger partial charge in [-0.3, -0.25) is 4.79 Å². The molecule has 1 saturated carbocycles. The van der Waals surface area contributed by atoms with Crippen molar-refractivity contribution in [2.24, 2.45) is 0 Å². The Balaban J connectivity index is 1.82. The highest BCUT2D eigenvalue weighted by atomic mass is 16.5. The Bertz CT molecular complexity index is 552. The lowest BCUT2D eigenvalue weighted by Gasteiger charge is -2.41. The molecule has 2 N–H and O–H groups in total. The van der Waals surface area contributed by atoms with E-state index in [9.17, 15) is 9.90 Å². The zero-order chi connectivity index (χ0) is 17.0. The van der Waals surface area contributed by atoms with Gasteiger partial charge < -0.3 is 20.1 Å². The van der Waals surface area contributed by atoms with Crippen LogP contribution in [0.15, 0.2) is 24.3 Å². The molecule has 24 heavy (non-hydrogen) atoms. The van der Waals surface area contributed by atoms with Gasteiger partial charge in [0, 0.05) is 12.2 Å². The molecule has 1 atom stereocenters. The maximum atomic E-state index is 13.3. The van der Waals surface area contributed by atoms with Crippen molar-refractivity contribution >= 4 is 11.6 Å². The molecular weight excluding hydrogens is 304 g/mol. The fourth-order valence-corrected chi connectivity index (χ4v) is 4.07. The third-order valence-electron chi connectivity index (χ3n) is 5.44. The van der Waals surface area contributed by atoms with Gasteiger partial charge in [0.25, 0.3) is 0 Å². The molecule has 5 heteroatoms. The van der Waals surface area contributed by atoms with E-state index in [0.717, 1.165) is 56.5 Å². The van der Waals surface area contributed by atoms with Gasteiger partial charge >= 0.3 is 0 Å². The second kappa shape index (κ2) is 7.43. The summed E-state index contributed by atoms with van der Waals surface area (Å²) in [4.78, 5) is 15.3. The molecule has 1 aromatic carbocycles. The third-order valence-corrected chi connectivity index (χ3v) is 5.44. The molecule has 0 radical (unpaired) electrons. The van der Waals surface area contributed by atoms with Crippen molar-refractivity contribution in [2.75, 3.05) is 25.6 Å². The molecule has 1 aliphatic heterocycles. The van der Waals surface area contributed by atoms with Crippen LogP contribution in [0.3, 0.4) is 0 Å². The van der Waals surface area contributed by atoms with Crippen LogP contribution in [0.5, 0.6) is 5.75 Å². The van der Waals surface area contributed by atoms with Crippen LogP contribution in [-0.2, 0) is 4.79 Å². The lowest BCUT2D eigenvalue weighted by atomic mass is 9.80. The van der Waals surface area contributed by atoms with Crippen molar-refractivity contribution in [3.8, 4) is 5.75 Å². The highest BCUT2D eigenvalue weighted by Gasteiger charge is 2.44. The number of amides is 1. The summed E-state index contributed by atoms with van der Waals surface area (Å²) < 4.78 is 5.21. The summed E-state index contributed by atoms with van der Waals surface area (Å²) in [6, 6.07) is 7.74. The maximum Gasteiger partial charge on any atom is 0.248 e. The van der Waals surface area contributed by atoms with Gasteiger partial charge in [0.2, 0.25) is 5.91 Å². The summed E-state index contributed by atoms with van der Waals surface area (Å²) in [5, 5.41) is 13.1. The maximum absolute atomic E-state index is 13.3. The Labute approximate surface area is 144 Å². The summed E-state index contributed by atoms with van der Waals surface area (Å²) in [5.74, 6) is 0.971. The number of rotatable bonds is 5. The van der Waals surface area contributed by atoms with E-state index in [-0.39, 0.29) is 18.6 Å². The number of hydrogen-bond acceptors (Lipinski definition) is 4. The molecule has 0 unspecified atom stereocenters. The second-order valence-corrected chi connectivity index (χ2v) is 6.97. The number of nitrogens with zero attached hydrogens (tertiary/aromatic N) is 1. The Morgan fingerprint density at radius 3 is 2.58 bits per heavy atom. The molecule has 132 valence electrons. The van der Waals surface area contributed by atoms with Crippen LogP contribution in [0.25, 0.3) is 0 Å². The van der Waals surface area contributed by atoms with Crippen LogP contribution in [-0.4, -0.2) is 47.8 Å². The lowest BCUT2D eigenvalue weighted by molar-refractivity contribution is -0.138. The van der Waals surface area contributed by atoms with Gasteiger partial charge in [-0.05, 0) is 49.9 Å². The Morgan fingerprint density at radius 2 is 1.96 bits per heavy atom. The van der Waals surface area contributed by atoms with Gasteiger partial charge in [-0.25, -0.2) is 0 Å². The number of nitrogens with one attached hydrogen (secondary N) is 1. The minimum atomic E-state index is -0.537. The van der Waals surface area contributed by atoms with Crippen LogP contribution >= 0.6 is 0 Å².